The van der Waals surface area contributed by atoms with Crippen molar-refractivity contribution in [2.24, 2.45) is 0 Å². The van der Waals surface area contributed by atoms with Crippen molar-refractivity contribution in [3.05, 3.63) is 116 Å². The van der Waals surface area contributed by atoms with Gasteiger partial charge < -0.3 is 10.1 Å². The summed E-state index contributed by atoms with van der Waals surface area (Å²) in [5.41, 5.74) is 5.01. The number of aromatic nitrogens is 1. The first kappa shape index (κ1) is 34.1. The van der Waals surface area contributed by atoms with Crippen molar-refractivity contribution in [1.29, 1.82) is 0 Å². The molecule has 250 valence electrons. The quantitative estimate of drug-likeness (QED) is 0.148. The molecule has 11 heteroatoms. The molecule has 0 atom stereocenters. The second-order valence-electron chi connectivity index (χ2n) is 12.8. The molecule has 3 amide bonds. The van der Waals surface area contributed by atoms with E-state index in [-0.39, 0.29) is 29.1 Å². The van der Waals surface area contributed by atoms with E-state index in [0.29, 0.717) is 45.5 Å². The molecule has 0 saturated carbocycles. The van der Waals surface area contributed by atoms with Crippen LogP contribution in [0.1, 0.15) is 65.5 Å². The number of halogens is 2. The van der Waals surface area contributed by atoms with Crippen molar-refractivity contribution in [2.45, 2.75) is 39.0 Å². The molecule has 2 aliphatic rings. The number of amides is 3. The van der Waals surface area contributed by atoms with Gasteiger partial charge in [-0.1, -0.05) is 80.9 Å². The molecule has 1 aliphatic heterocycles. The molecule has 3 aromatic carbocycles. The van der Waals surface area contributed by atoms with Gasteiger partial charge in [0, 0.05) is 24.0 Å². The minimum absolute atomic E-state index is 0.00466. The zero-order valence-corrected chi connectivity index (χ0v) is 28.7. The smallest absolute Gasteiger partial charge is 0.339 e. The summed E-state index contributed by atoms with van der Waals surface area (Å²) < 4.78 is 20.0. The summed E-state index contributed by atoms with van der Waals surface area (Å²) in [6.07, 6.45) is 4.32. The van der Waals surface area contributed by atoms with Gasteiger partial charge in [0.25, 0.3) is 17.1 Å². The molecule has 1 N–H and O–H groups in total. The minimum Gasteiger partial charge on any atom is -0.452 e. The number of nitrogens with zero attached hydrogens (tertiary/aromatic N) is 2. The van der Waals surface area contributed by atoms with Gasteiger partial charge in [0.05, 0.1) is 26.7 Å². The molecule has 0 unspecified atom stereocenters. The molecule has 6 rings (SSSR count). The van der Waals surface area contributed by atoms with Crippen molar-refractivity contribution in [3.8, 4) is 0 Å². The van der Waals surface area contributed by atoms with Gasteiger partial charge >= 0.3 is 5.97 Å². The van der Waals surface area contributed by atoms with Crippen LogP contribution in [-0.4, -0.2) is 52.6 Å². The summed E-state index contributed by atoms with van der Waals surface area (Å²) in [5, 5.41) is 3.04. The molecular formula is C38H33ClFN3O5S. The maximum atomic E-state index is 14.6. The van der Waals surface area contributed by atoms with Gasteiger partial charge in [-0.2, -0.15) is 0 Å². The number of hydrogen-bond donors (Lipinski definition) is 1. The normalized spacial score (nSPS) is 16.1. The molecule has 1 aromatic heterocycles. The Kier molecular flexibility index (Phi) is 9.72. The number of pyridine rings is 1. The summed E-state index contributed by atoms with van der Waals surface area (Å²) in [5.74, 6) is -2.17. The number of fused-ring (bicyclic) bond motifs is 2. The second-order valence-corrected chi connectivity index (χ2v) is 14.2. The van der Waals surface area contributed by atoms with E-state index >= 15 is 0 Å². The topological polar surface area (TPSA) is 106 Å². The Morgan fingerprint density at radius 1 is 1.02 bits per heavy atom. The molecule has 1 aliphatic carbocycles. The lowest BCUT2D eigenvalue weighted by Gasteiger charge is -2.18. The van der Waals surface area contributed by atoms with Crippen LogP contribution in [0.3, 0.4) is 0 Å². The molecule has 4 aromatic rings. The Morgan fingerprint density at radius 2 is 1.78 bits per heavy atom. The fraction of sp³-hybridized carbons (Fsp3) is 0.237. The van der Waals surface area contributed by atoms with E-state index < -0.39 is 35.4 Å². The van der Waals surface area contributed by atoms with Gasteiger partial charge in [-0.15, -0.1) is 0 Å². The largest absolute Gasteiger partial charge is 0.452 e. The first-order chi connectivity index (χ1) is 23.4. The van der Waals surface area contributed by atoms with Crippen LogP contribution in [-0.2, 0) is 26.2 Å². The van der Waals surface area contributed by atoms with Crippen LogP contribution >= 0.6 is 23.4 Å². The average molecular weight is 698 g/mol. The van der Waals surface area contributed by atoms with Crippen molar-refractivity contribution in [1.82, 2.24) is 15.2 Å². The highest BCUT2D eigenvalue weighted by Gasteiger charge is 2.35. The van der Waals surface area contributed by atoms with Crippen LogP contribution < -0.4 is 5.32 Å². The maximum absolute atomic E-state index is 14.6. The highest BCUT2D eigenvalue weighted by Crippen LogP contribution is 2.39. The highest BCUT2D eigenvalue weighted by atomic mass is 35.5. The van der Waals surface area contributed by atoms with Gasteiger partial charge in [-0.25, -0.2) is 14.2 Å². The minimum atomic E-state index is -0.693. The number of esters is 1. The number of para-hydroxylation sites is 1. The number of allylic oxidation sites excluding steroid dienone is 1. The summed E-state index contributed by atoms with van der Waals surface area (Å²) in [4.78, 5) is 57.9. The molecule has 1 saturated heterocycles. The summed E-state index contributed by atoms with van der Waals surface area (Å²) in [7, 11) is 0. The van der Waals surface area contributed by atoms with Crippen molar-refractivity contribution >= 4 is 75.0 Å². The molecule has 0 radical (unpaired) electrons. The predicted octanol–water partition coefficient (Wildman–Crippen LogP) is 7.82. The predicted molar refractivity (Wildman–Crippen MR) is 190 cm³/mol. The van der Waals surface area contributed by atoms with Crippen LogP contribution in [0.15, 0.2) is 71.6 Å². The van der Waals surface area contributed by atoms with Gasteiger partial charge in [0.1, 0.15) is 5.82 Å². The number of hydrogen-bond acceptors (Lipinski definition) is 7. The Balaban J connectivity index is 1.09. The van der Waals surface area contributed by atoms with Crippen LogP contribution in [0.5, 0.6) is 0 Å². The molecule has 8 nitrogen and oxygen atoms in total. The Labute approximate surface area is 292 Å². The fourth-order valence-corrected chi connectivity index (χ4v) is 6.90. The van der Waals surface area contributed by atoms with E-state index in [9.17, 15) is 23.6 Å². The van der Waals surface area contributed by atoms with E-state index in [2.05, 4.69) is 26.1 Å². The monoisotopic (exact) mass is 697 g/mol. The van der Waals surface area contributed by atoms with Gasteiger partial charge in [0.2, 0.25) is 0 Å². The van der Waals surface area contributed by atoms with Gasteiger partial charge in [-0.05, 0) is 82.6 Å². The number of thioether (sulfide) groups is 1. The first-order valence-electron chi connectivity index (χ1n) is 15.8. The average Bonchev–Trinajstić information content (AvgIpc) is 3.58. The number of benzene rings is 3. The lowest BCUT2D eigenvalue weighted by Crippen LogP contribution is -2.38. The number of nitrogens with one attached hydrogen (secondary N) is 1. The zero-order chi connectivity index (χ0) is 34.9. The molecule has 49 heavy (non-hydrogen) atoms. The second kappa shape index (κ2) is 14.0. The molecule has 1 fully saturated rings. The number of carbonyl (C=O) groups is 4. The summed E-state index contributed by atoms with van der Waals surface area (Å²) >= 11 is 7.12. The van der Waals surface area contributed by atoms with Crippen LogP contribution in [0.25, 0.3) is 28.6 Å². The lowest BCUT2D eigenvalue weighted by atomic mass is 9.87. The van der Waals surface area contributed by atoms with E-state index in [1.54, 1.807) is 42.5 Å². The van der Waals surface area contributed by atoms with Crippen LogP contribution in [0, 0.1) is 5.82 Å². The van der Waals surface area contributed by atoms with E-state index in [1.165, 1.54) is 12.1 Å². The summed E-state index contributed by atoms with van der Waals surface area (Å²) in [6, 6.07) is 19.4. The maximum Gasteiger partial charge on any atom is 0.339 e. The Bertz CT molecular complexity index is 2050. The third kappa shape index (κ3) is 7.30. The van der Waals surface area contributed by atoms with Gasteiger partial charge in [0.15, 0.2) is 6.61 Å². The van der Waals surface area contributed by atoms with E-state index in [1.807, 2.05) is 24.3 Å². The standard InChI is InChI=1S/C38H33ClFN3O5S/c1-38(2,3)24-14-11-22(12-15-24)19-31-35(45)43(37(47)49-31)18-17-41-32(44)21-48-36(46)33-25-7-4-5-10-30(25)42-34-23(13-16-26(33)34)20-27-28(39)8-6-9-29(27)40/h4-12,14-15,19-20H,13,16-18,21H2,1-3H3,(H,41,44)/b23-20+,31-19-. The third-order valence-corrected chi connectivity index (χ3v) is 9.64. The molecule has 0 bridgehead atoms. The SMILES string of the molecule is CC(C)(C)c1ccc(/C=C2\SC(=O)N(CCNC(=O)COC(=O)c3c4c(nc5ccccc35)/C(=C/c3c(F)cccc3Cl)CC4)C2=O)cc1. The molecule has 0 spiro atoms. The van der Waals surface area contributed by atoms with E-state index in [0.717, 1.165) is 33.4 Å². The first-order valence-corrected chi connectivity index (χ1v) is 17.0. The van der Waals surface area contributed by atoms with Crippen molar-refractivity contribution in [3.63, 3.8) is 0 Å². The number of ether oxygens (including phenoxy) is 1. The summed E-state index contributed by atoms with van der Waals surface area (Å²) in [6.45, 7) is 5.74. The van der Waals surface area contributed by atoms with Crippen molar-refractivity contribution < 1.29 is 28.3 Å². The van der Waals surface area contributed by atoms with Crippen LogP contribution in [0.4, 0.5) is 9.18 Å². The Hall–Kier alpha value is -4.80. The lowest BCUT2D eigenvalue weighted by molar-refractivity contribution is -0.125. The zero-order valence-electron chi connectivity index (χ0n) is 27.1. The van der Waals surface area contributed by atoms with Crippen molar-refractivity contribution in [2.75, 3.05) is 19.7 Å². The van der Waals surface area contributed by atoms with Crippen LogP contribution in [0.2, 0.25) is 5.02 Å². The number of rotatable bonds is 8. The fourth-order valence-electron chi connectivity index (χ4n) is 5.82. The number of imide groups is 1. The molecule has 2 heterocycles. The Morgan fingerprint density at radius 3 is 2.51 bits per heavy atom. The molecular weight excluding hydrogens is 665 g/mol. The third-order valence-electron chi connectivity index (χ3n) is 8.40. The number of carbonyl (C=O) groups excluding carboxylic acids is 4. The van der Waals surface area contributed by atoms with E-state index in [4.69, 9.17) is 21.3 Å². The van der Waals surface area contributed by atoms with Gasteiger partial charge in [-0.3, -0.25) is 19.3 Å². The highest BCUT2D eigenvalue weighted by molar-refractivity contribution is 8.18.